The zero-order valence-corrected chi connectivity index (χ0v) is 12.5. The van der Waals surface area contributed by atoms with E-state index in [1.54, 1.807) is 7.05 Å². The Morgan fingerprint density at radius 1 is 1.37 bits per heavy atom. The van der Waals surface area contributed by atoms with Crippen molar-refractivity contribution in [1.82, 2.24) is 20.1 Å². The molecule has 2 N–H and O–H groups in total. The second-order valence-electron chi connectivity index (χ2n) is 4.45. The summed E-state index contributed by atoms with van der Waals surface area (Å²) in [6.07, 6.45) is 3.30. The minimum absolute atomic E-state index is 0.402. The van der Waals surface area contributed by atoms with Gasteiger partial charge in [-0.3, -0.25) is 19.4 Å². The molecular formula is C12H22N4O2S. The van der Waals surface area contributed by atoms with E-state index in [4.69, 9.17) is 0 Å². The van der Waals surface area contributed by atoms with Crippen LogP contribution < -0.4 is 16.4 Å². The first-order valence-corrected chi connectivity index (χ1v) is 7.60. The van der Waals surface area contributed by atoms with E-state index in [9.17, 15) is 9.59 Å². The van der Waals surface area contributed by atoms with Crippen LogP contribution in [0, 0.1) is 0 Å². The van der Waals surface area contributed by atoms with Crippen LogP contribution in [0.4, 0.5) is 0 Å². The fourth-order valence-corrected chi connectivity index (χ4v) is 2.73. The van der Waals surface area contributed by atoms with Gasteiger partial charge in [-0.15, -0.1) is 0 Å². The van der Waals surface area contributed by atoms with E-state index >= 15 is 0 Å². The molecule has 1 aromatic heterocycles. The molecule has 0 saturated carbocycles. The maximum Gasteiger partial charge on any atom is 0.339 e. The Hall–Kier alpha value is -1.08. The van der Waals surface area contributed by atoms with Crippen molar-refractivity contribution in [3.63, 3.8) is 0 Å². The van der Waals surface area contributed by atoms with E-state index in [2.05, 4.69) is 29.2 Å². The number of aromatic amines is 1. The molecule has 0 aliphatic carbocycles. The van der Waals surface area contributed by atoms with Crippen molar-refractivity contribution in [1.29, 1.82) is 0 Å². The SMILES string of the molecule is CCCNC(CCC)CSc1nc(=O)c(=O)[nH]n1C. The molecular weight excluding hydrogens is 264 g/mol. The highest BCUT2D eigenvalue weighted by Gasteiger charge is 2.10. The molecule has 1 aromatic rings. The highest BCUT2D eigenvalue weighted by atomic mass is 32.2. The Morgan fingerprint density at radius 3 is 2.74 bits per heavy atom. The lowest BCUT2D eigenvalue weighted by atomic mass is 10.2. The van der Waals surface area contributed by atoms with E-state index in [0.717, 1.165) is 31.6 Å². The standard InChI is InChI=1S/C12H22N4O2S/c1-4-6-9(13-7-5-2)8-19-12-14-10(17)11(18)15-16(12)3/h9,13H,4-8H2,1-3H3,(H,15,18). The van der Waals surface area contributed by atoms with Gasteiger partial charge in [0.15, 0.2) is 5.16 Å². The summed E-state index contributed by atoms with van der Waals surface area (Å²) in [5.74, 6) is 0.833. The van der Waals surface area contributed by atoms with E-state index in [0.29, 0.717) is 11.2 Å². The molecule has 1 atom stereocenters. The summed E-state index contributed by atoms with van der Waals surface area (Å²) in [5, 5.41) is 6.47. The maximum atomic E-state index is 11.2. The molecule has 0 radical (unpaired) electrons. The summed E-state index contributed by atoms with van der Waals surface area (Å²) in [7, 11) is 1.68. The van der Waals surface area contributed by atoms with Crippen molar-refractivity contribution in [2.45, 2.75) is 44.3 Å². The number of thioether (sulfide) groups is 1. The van der Waals surface area contributed by atoms with E-state index in [1.165, 1.54) is 16.4 Å². The summed E-state index contributed by atoms with van der Waals surface area (Å²) in [5.41, 5.74) is -1.41. The van der Waals surface area contributed by atoms with Gasteiger partial charge in [0.2, 0.25) is 0 Å². The van der Waals surface area contributed by atoms with Crippen molar-refractivity contribution in [3.8, 4) is 0 Å². The number of hydrogen-bond donors (Lipinski definition) is 2. The van der Waals surface area contributed by atoms with Gasteiger partial charge in [0.25, 0.3) is 0 Å². The molecule has 7 heteroatoms. The summed E-state index contributed by atoms with van der Waals surface area (Å²) in [6.45, 7) is 5.28. The molecule has 0 saturated heterocycles. The number of aromatic nitrogens is 3. The predicted octanol–water partition coefficient (Wildman–Crippen LogP) is 0.729. The van der Waals surface area contributed by atoms with E-state index in [-0.39, 0.29) is 0 Å². The number of rotatable bonds is 8. The summed E-state index contributed by atoms with van der Waals surface area (Å²) < 4.78 is 1.50. The Bertz CT molecular complexity index is 497. The summed E-state index contributed by atoms with van der Waals surface area (Å²) in [6, 6.07) is 0.402. The van der Waals surface area contributed by atoms with Gasteiger partial charge in [-0.05, 0) is 19.4 Å². The second kappa shape index (κ2) is 8.16. The normalized spacial score (nSPS) is 12.6. The van der Waals surface area contributed by atoms with Crippen LogP contribution in [0.5, 0.6) is 0 Å². The minimum atomic E-state index is -0.728. The Balaban J connectivity index is 2.65. The third-order valence-corrected chi connectivity index (χ3v) is 3.87. The third-order valence-electron chi connectivity index (χ3n) is 2.68. The fourth-order valence-electron chi connectivity index (χ4n) is 1.71. The summed E-state index contributed by atoms with van der Waals surface area (Å²) in [4.78, 5) is 26.1. The molecule has 1 unspecified atom stereocenters. The average molecular weight is 286 g/mol. The highest BCUT2D eigenvalue weighted by molar-refractivity contribution is 7.99. The van der Waals surface area contributed by atoms with Crippen molar-refractivity contribution in [2.75, 3.05) is 12.3 Å². The zero-order valence-electron chi connectivity index (χ0n) is 11.7. The van der Waals surface area contributed by atoms with Crippen molar-refractivity contribution in [3.05, 3.63) is 20.7 Å². The number of nitrogens with one attached hydrogen (secondary N) is 2. The smallest absolute Gasteiger partial charge is 0.313 e. The molecule has 0 amide bonds. The Labute approximate surface area is 117 Å². The monoisotopic (exact) mass is 286 g/mol. The molecule has 0 aromatic carbocycles. The first-order chi connectivity index (χ1) is 9.08. The number of nitrogens with zero attached hydrogens (tertiary/aromatic N) is 2. The largest absolute Gasteiger partial charge is 0.339 e. The predicted molar refractivity (Wildman–Crippen MR) is 77.8 cm³/mol. The van der Waals surface area contributed by atoms with Gasteiger partial charge in [0, 0.05) is 18.8 Å². The van der Waals surface area contributed by atoms with E-state index in [1.807, 2.05) is 0 Å². The van der Waals surface area contributed by atoms with Gasteiger partial charge in [0.05, 0.1) is 0 Å². The topological polar surface area (TPSA) is 79.8 Å². The van der Waals surface area contributed by atoms with Crippen molar-refractivity contribution < 1.29 is 0 Å². The minimum Gasteiger partial charge on any atom is -0.313 e. The van der Waals surface area contributed by atoms with Gasteiger partial charge in [-0.2, -0.15) is 4.98 Å². The molecule has 6 nitrogen and oxygen atoms in total. The van der Waals surface area contributed by atoms with Crippen LogP contribution in [0.3, 0.4) is 0 Å². The fraction of sp³-hybridized carbons (Fsp3) is 0.750. The van der Waals surface area contributed by atoms with Gasteiger partial charge in [-0.1, -0.05) is 32.0 Å². The number of H-pyrrole nitrogens is 1. The molecule has 108 valence electrons. The molecule has 1 heterocycles. The van der Waals surface area contributed by atoms with Crippen molar-refractivity contribution in [2.24, 2.45) is 7.05 Å². The van der Waals surface area contributed by atoms with Gasteiger partial charge < -0.3 is 5.32 Å². The molecule has 0 bridgehead atoms. The van der Waals surface area contributed by atoms with Crippen LogP contribution in [0.25, 0.3) is 0 Å². The first kappa shape index (κ1) is 16.0. The lowest BCUT2D eigenvalue weighted by Gasteiger charge is -2.17. The first-order valence-electron chi connectivity index (χ1n) is 6.62. The number of hydrogen-bond acceptors (Lipinski definition) is 5. The van der Waals surface area contributed by atoms with Gasteiger partial charge in [0.1, 0.15) is 0 Å². The van der Waals surface area contributed by atoms with Gasteiger partial charge >= 0.3 is 11.1 Å². The lowest BCUT2D eigenvalue weighted by Crippen LogP contribution is -2.35. The average Bonchev–Trinajstić information content (AvgIpc) is 2.38. The maximum absolute atomic E-state index is 11.2. The third kappa shape index (κ3) is 5.20. The molecule has 19 heavy (non-hydrogen) atoms. The van der Waals surface area contributed by atoms with Crippen molar-refractivity contribution >= 4 is 11.8 Å². The molecule has 0 fully saturated rings. The Kier molecular flexibility index (Phi) is 6.86. The molecule has 0 aliphatic heterocycles. The van der Waals surface area contributed by atoms with Crippen LogP contribution in [0.1, 0.15) is 33.1 Å². The van der Waals surface area contributed by atoms with Gasteiger partial charge in [-0.25, -0.2) is 0 Å². The lowest BCUT2D eigenvalue weighted by molar-refractivity contribution is 0.513. The highest BCUT2D eigenvalue weighted by Crippen LogP contribution is 2.14. The van der Waals surface area contributed by atoms with Crippen LogP contribution in [0.2, 0.25) is 0 Å². The molecule has 1 rings (SSSR count). The number of aryl methyl sites for hydroxylation is 1. The van der Waals surface area contributed by atoms with Crippen LogP contribution in [0.15, 0.2) is 14.7 Å². The van der Waals surface area contributed by atoms with Crippen LogP contribution in [-0.2, 0) is 7.05 Å². The van der Waals surface area contributed by atoms with Crippen LogP contribution >= 0.6 is 11.8 Å². The van der Waals surface area contributed by atoms with E-state index < -0.39 is 11.1 Å². The second-order valence-corrected chi connectivity index (χ2v) is 5.44. The molecule has 0 spiro atoms. The zero-order chi connectivity index (χ0) is 14.3. The Morgan fingerprint density at radius 2 is 2.11 bits per heavy atom. The quantitative estimate of drug-likeness (QED) is 0.544. The van der Waals surface area contributed by atoms with Crippen LogP contribution in [-0.4, -0.2) is 33.1 Å². The molecule has 0 aliphatic rings. The summed E-state index contributed by atoms with van der Waals surface area (Å²) >= 11 is 1.49.